The molecule has 1 atom stereocenters. The molecule has 0 radical (unpaired) electrons. The summed E-state index contributed by atoms with van der Waals surface area (Å²) in [6.45, 7) is 4.51. The number of carbonyl (C=O) groups is 1. The SMILES string of the molecule is CCOP(=O)(O)OCCCCCCNC(=O)CC. The van der Waals surface area contributed by atoms with Crippen LogP contribution >= 0.6 is 7.82 Å². The first-order valence-corrected chi connectivity index (χ1v) is 7.90. The van der Waals surface area contributed by atoms with Gasteiger partial charge in [0.2, 0.25) is 5.91 Å². The highest BCUT2D eigenvalue weighted by atomic mass is 31.2. The predicted octanol–water partition coefficient (Wildman–Crippen LogP) is 2.23. The third-order valence-corrected chi connectivity index (χ3v) is 3.35. The molecule has 0 saturated carbocycles. The van der Waals surface area contributed by atoms with Crippen molar-refractivity contribution in [1.82, 2.24) is 5.32 Å². The maximum absolute atomic E-state index is 11.1. The summed E-state index contributed by atoms with van der Waals surface area (Å²) in [6.07, 6.45) is 3.98. The molecule has 0 aliphatic rings. The first-order chi connectivity index (χ1) is 8.52. The normalized spacial score (nSPS) is 14.2. The van der Waals surface area contributed by atoms with Gasteiger partial charge in [-0.05, 0) is 19.8 Å². The van der Waals surface area contributed by atoms with Gasteiger partial charge >= 0.3 is 7.82 Å². The molecule has 0 bridgehead atoms. The molecule has 0 fully saturated rings. The van der Waals surface area contributed by atoms with Crippen molar-refractivity contribution >= 4 is 13.7 Å². The lowest BCUT2D eigenvalue weighted by Crippen LogP contribution is -2.23. The summed E-state index contributed by atoms with van der Waals surface area (Å²) >= 11 is 0. The zero-order valence-corrected chi connectivity index (χ0v) is 12.1. The second-order valence-corrected chi connectivity index (χ2v) is 5.29. The van der Waals surface area contributed by atoms with Crippen LogP contribution in [0.25, 0.3) is 0 Å². The zero-order chi connectivity index (χ0) is 13.9. The molecule has 0 aromatic carbocycles. The second-order valence-electron chi connectivity index (χ2n) is 3.84. The number of hydrogen-bond donors (Lipinski definition) is 2. The largest absolute Gasteiger partial charge is 0.472 e. The van der Waals surface area contributed by atoms with Crippen LogP contribution < -0.4 is 5.32 Å². The van der Waals surface area contributed by atoms with Gasteiger partial charge in [0.05, 0.1) is 13.2 Å². The first-order valence-electron chi connectivity index (χ1n) is 6.40. The summed E-state index contributed by atoms with van der Waals surface area (Å²) in [5, 5.41) is 2.79. The Morgan fingerprint density at radius 1 is 1.17 bits per heavy atom. The summed E-state index contributed by atoms with van der Waals surface area (Å²) < 4.78 is 20.4. The Morgan fingerprint density at radius 2 is 1.83 bits per heavy atom. The minimum absolute atomic E-state index is 0.0660. The van der Waals surface area contributed by atoms with E-state index in [1.807, 2.05) is 6.92 Å². The molecule has 0 saturated heterocycles. The number of nitrogens with one attached hydrogen (secondary N) is 1. The molecule has 0 aromatic heterocycles. The first kappa shape index (κ1) is 17.6. The minimum Gasteiger partial charge on any atom is -0.356 e. The molecular formula is C11H24NO5P. The van der Waals surface area contributed by atoms with Gasteiger partial charge in [0, 0.05) is 13.0 Å². The van der Waals surface area contributed by atoms with Gasteiger partial charge in [-0.1, -0.05) is 19.8 Å². The van der Waals surface area contributed by atoms with Crippen molar-refractivity contribution in [2.75, 3.05) is 19.8 Å². The Balaban J connectivity index is 3.31. The van der Waals surface area contributed by atoms with E-state index in [0.29, 0.717) is 19.4 Å². The van der Waals surface area contributed by atoms with Crippen LogP contribution in [-0.4, -0.2) is 30.6 Å². The summed E-state index contributed by atoms with van der Waals surface area (Å²) in [5.74, 6) is 0.0660. The van der Waals surface area contributed by atoms with Crippen LogP contribution in [0, 0.1) is 0 Å². The van der Waals surface area contributed by atoms with Gasteiger partial charge in [0.25, 0.3) is 0 Å². The average molecular weight is 281 g/mol. The Bertz CT molecular complexity index is 272. The molecule has 0 rings (SSSR count). The summed E-state index contributed by atoms with van der Waals surface area (Å²) in [7, 11) is -3.83. The molecule has 1 unspecified atom stereocenters. The fourth-order valence-electron chi connectivity index (χ4n) is 1.31. The third-order valence-electron chi connectivity index (χ3n) is 2.26. The Hall–Kier alpha value is -0.420. The molecule has 0 aromatic rings. The fourth-order valence-corrected chi connectivity index (χ4v) is 2.07. The lowest BCUT2D eigenvalue weighted by molar-refractivity contribution is -0.120. The predicted molar refractivity (Wildman–Crippen MR) is 69.2 cm³/mol. The molecule has 0 aliphatic carbocycles. The maximum Gasteiger partial charge on any atom is 0.472 e. The van der Waals surface area contributed by atoms with Crippen LogP contribution in [0.15, 0.2) is 0 Å². The van der Waals surface area contributed by atoms with Crippen LogP contribution in [-0.2, 0) is 18.4 Å². The number of carbonyl (C=O) groups excluding carboxylic acids is 1. The van der Waals surface area contributed by atoms with E-state index in [2.05, 4.69) is 9.84 Å². The van der Waals surface area contributed by atoms with Gasteiger partial charge in [-0.2, -0.15) is 0 Å². The van der Waals surface area contributed by atoms with E-state index in [-0.39, 0.29) is 19.1 Å². The molecule has 0 aliphatic heterocycles. The minimum atomic E-state index is -3.83. The van der Waals surface area contributed by atoms with E-state index in [9.17, 15) is 9.36 Å². The number of phosphoric acid groups is 1. The second kappa shape index (κ2) is 10.5. The highest BCUT2D eigenvalue weighted by Crippen LogP contribution is 2.42. The van der Waals surface area contributed by atoms with Gasteiger partial charge in [-0.25, -0.2) is 4.57 Å². The Kier molecular flexibility index (Phi) is 10.3. The maximum atomic E-state index is 11.1. The van der Waals surface area contributed by atoms with E-state index < -0.39 is 7.82 Å². The van der Waals surface area contributed by atoms with Crippen molar-refractivity contribution in [3.8, 4) is 0 Å². The lowest BCUT2D eigenvalue weighted by atomic mass is 10.2. The topological polar surface area (TPSA) is 84.9 Å². The van der Waals surface area contributed by atoms with E-state index >= 15 is 0 Å². The zero-order valence-electron chi connectivity index (χ0n) is 11.2. The van der Waals surface area contributed by atoms with Crippen molar-refractivity contribution in [3.05, 3.63) is 0 Å². The van der Waals surface area contributed by atoms with E-state index in [0.717, 1.165) is 19.3 Å². The van der Waals surface area contributed by atoms with Gasteiger partial charge in [0.1, 0.15) is 0 Å². The number of phosphoric ester groups is 1. The van der Waals surface area contributed by atoms with Crippen molar-refractivity contribution in [2.24, 2.45) is 0 Å². The van der Waals surface area contributed by atoms with Crippen molar-refractivity contribution in [3.63, 3.8) is 0 Å². The summed E-state index contributed by atoms with van der Waals surface area (Å²) in [4.78, 5) is 20.0. The van der Waals surface area contributed by atoms with Crippen LogP contribution in [0.5, 0.6) is 0 Å². The molecule has 7 heteroatoms. The molecule has 18 heavy (non-hydrogen) atoms. The molecule has 0 spiro atoms. The van der Waals surface area contributed by atoms with Crippen molar-refractivity contribution in [2.45, 2.75) is 46.0 Å². The molecule has 2 N–H and O–H groups in total. The molecule has 6 nitrogen and oxygen atoms in total. The molecule has 108 valence electrons. The van der Waals surface area contributed by atoms with Crippen LogP contribution in [0.2, 0.25) is 0 Å². The van der Waals surface area contributed by atoms with Gasteiger partial charge in [0.15, 0.2) is 0 Å². The van der Waals surface area contributed by atoms with Crippen LogP contribution in [0.3, 0.4) is 0 Å². The van der Waals surface area contributed by atoms with E-state index in [4.69, 9.17) is 9.42 Å². The Morgan fingerprint density at radius 3 is 2.44 bits per heavy atom. The van der Waals surface area contributed by atoms with E-state index in [1.54, 1.807) is 6.92 Å². The number of unbranched alkanes of at least 4 members (excludes halogenated alkanes) is 3. The van der Waals surface area contributed by atoms with Gasteiger partial charge in [-0.3, -0.25) is 13.8 Å². The average Bonchev–Trinajstić information content (AvgIpc) is 2.32. The summed E-state index contributed by atoms with van der Waals surface area (Å²) in [6, 6.07) is 0. The molecule has 0 heterocycles. The monoisotopic (exact) mass is 281 g/mol. The highest BCUT2D eigenvalue weighted by Gasteiger charge is 2.18. The van der Waals surface area contributed by atoms with E-state index in [1.165, 1.54) is 0 Å². The smallest absolute Gasteiger partial charge is 0.356 e. The van der Waals surface area contributed by atoms with Crippen LogP contribution in [0.4, 0.5) is 0 Å². The lowest BCUT2D eigenvalue weighted by Gasteiger charge is -2.10. The highest BCUT2D eigenvalue weighted by molar-refractivity contribution is 7.47. The van der Waals surface area contributed by atoms with Crippen LogP contribution in [0.1, 0.15) is 46.0 Å². The van der Waals surface area contributed by atoms with Crippen molar-refractivity contribution < 1.29 is 23.3 Å². The number of rotatable bonds is 11. The number of hydrogen-bond acceptors (Lipinski definition) is 4. The standard InChI is InChI=1S/C11H24NO5P/c1-3-11(13)12-9-7-5-6-8-10-17-18(14,15)16-4-2/h3-10H2,1-2H3,(H,12,13)(H,14,15). The molecule has 1 amide bonds. The Labute approximate surface area is 109 Å². The van der Waals surface area contributed by atoms with Crippen molar-refractivity contribution in [1.29, 1.82) is 0 Å². The fraction of sp³-hybridized carbons (Fsp3) is 0.909. The third kappa shape index (κ3) is 10.7. The molecular weight excluding hydrogens is 257 g/mol. The van der Waals surface area contributed by atoms with Gasteiger partial charge in [-0.15, -0.1) is 0 Å². The quantitative estimate of drug-likeness (QED) is 0.448. The summed E-state index contributed by atoms with van der Waals surface area (Å²) in [5.41, 5.74) is 0. The number of amides is 1. The van der Waals surface area contributed by atoms with Gasteiger partial charge < -0.3 is 10.2 Å².